The quantitative estimate of drug-likeness (QED) is 0.815. The van der Waals surface area contributed by atoms with Crippen LogP contribution in [-0.2, 0) is 4.74 Å². The number of nitrogens with one attached hydrogen (secondary N) is 2. The minimum atomic E-state index is -0.170. The number of halogens is 1. The fourth-order valence-electron chi connectivity index (χ4n) is 2.63. The number of aromatic nitrogens is 1. The SMILES string of the molecule is Cc1cc(Br)ccc1Nc1ccc(C(=O)NCC2CCCO2)nc1. The number of carbonyl (C=O) groups excluding carboxylic acids is 1. The first-order chi connectivity index (χ1) is 11.6. The third-order valence-electron chi connectivity index (χ3n) is 3.98. The Bertz CT molecular complexity index is 713. The van der Waals surface area contributed by atoms with E-state index in [1.54, 1.807) is 12.3 Å². The molecule has 3 rings (SSSR count). The van der Waals surface area contributed by atoms with Crippen LogP contribution in [0.4, 0.5) is 11.4 Å². The first-order valence-corrected chi connectivity index (χ1v) is 8.80. The summed E-state index contributed by atoms with van der Waals surface area (Å²) < 4.78 is 6.54. The lowest BCUT2D eigenvalue weighted by atomic mass is 10.2. The number of amides is 1. The summed E-state index contributed by atoms with van der Waals surface area (Å²) in [5.41, 5.74) is 3.39. The van der Waals surface area contributed by atoms with E-state index in [2.05, 4.69) is 31.5 Å². The summed E-state index contributed by atoms with van der Waals surface area (Å²) in [6.45, 7) is 3.36. The van der Waals surface area contributed by atoms with Gasteiger partial charge in [0.05, 0.1) is 18.0 Å². The number of pyridine rings is 1. The van der Waals surface area contributed by atoms with Crippen molar-refractivity contribution in [3.8, 4) is 0 Å². The molecule has 24 heavy (non-hydrogen) atoms. The molecule has 0 aliphatic carbocycles. The number of hydrogen-bond acceptors (Lipinski definition) is 4. The lowest BCUT2D eigenvalue weighted by Gasteiger charge is -2.12. The maximum Gasteiger partial charge on any atom is 0.269 e. The molecule has 1 saturated heterocycles. The van der Waals surface area contributed by atoms with Gasteiger partial charge in [0.15, 0.2) is 0 Å². The fourth-order valence-corrected chi connectivity index (χ4v) is 3.10. The highest BCUT2D eigenvalue weighted by Crippen LogP contribution is 2.23. The number of anilines is 2. The van der Waals surface area contributed by atoms with Gasteiger partial charge >= 0.3 is 0 Å². The maximum absolute atomic E-state index is 12.1. The van der Waals surface area contributed by atoms with Crippen LogP contribution < -0.4 is 10.6 Å². The first-order valence-electron chi connectivity index (χ1n) is 8.01. The van der Waals surface area contributed by atoms with E-state index in [0.717, 1.165) is 40.9 Å². The summed E-state index contributed by atoms with van der Waals surface area (Å²) in [4.78, 5) is 16.4. The molecule has 0 radical (unpaired) electrons. The molecule has 1 aliphatic rings. The number of aryl methyl sites for hydroxylation is 1. The zero-order valence-corrected chi connectivity index (χ0v) is 15.1. The molecule has 2 N–H and O–H groups in total. The minimum absolute atomic E-state index is 0.135. The monoisotopic (exact) mass is 389 g/mol. The van der Waals surface area contributed by atoms with Crippen molar-refractivity contribution in [3.63, 3.8) is 0 Å². The number of nitrogens with zero attached hydrogens (tertiary/aromatic N) is 1. The van der Waals surface area contributed by atoms with Gasteiger partial charge in [-0.05, 0) is 55.7 Å². The van der Waals surface area contributed by atoms with Gasteiger partial charge in [-0.1, -0.05) is 15.9 Å². The predicted molar refractivity (Wildman–Crippen MR) is 97.7 cm³/mol. The van der Waals surface area contributed by atoms with Crippen LogP contribution >= 0.6 is 15.9 Å². The molecule has 6 heteroatoms. The van der Waals surface area contributed by atoms with E-state index in [4.69, 9.17) is 4.74 Å². The third-order valence-corrected chi connectivity index (χ3v) is 4.47. The Balaban J connectivity index is 1.59. The second kappa shape index (κ2) is 7.77. The molecule has 1 aromatic carbocycles. The van der Waals surface area contributed by atoms with Crippen LogP contribution in [0.5, 0.6) is 0 Å². The van der Waals surface area contributed by atoms with Crippen LogP contribution in [0.1, 0.15) is 28.9 Å². The van der Waals surface area contributed by atoms with E-state index in [1.165, 1.54) is 0 Å². The normalized spacial score (nSPS) is 16.8. The van der Waals surface area contributed by atoms with Gasteiger partial charge in [0.2, 0.25) is 0 Å². The van der Waals surface area contributed by atoms with Crippen molar-refractivity contribution in [2.45, 2.75) is 25.9 Å². The summed E-state index contributed by atoms with van der Waals surface area (Å²) in [6.07, 6.45) is 3.87. The standard InChI is InChI=1S/C18H20BrN3O2/c1-12-9-13(19)4-6-16(12)22-14-5-7-17(20-10-14)18(23)21-11-15-3-2-8-24-15/h4-7,9-10,15,22H,2-3,8,11H2,1H3,(H,21,23). The van der Waals surface area contributed by atoms with Gasteiger partial charge in [-0.15, -0.1) is 0 Å². The van der Waals surface area contributed by atoms with Gasteiger partial charge < -0.3 is 15.4 Å². The molecule has 1 aromatic heterocycles. The summed E-state index contributed by atoms with van der Waals surface area (Å²) in [7, 11) is 0. The molecular weight excluding hydrogens is 370 g/mol. The van der Waals surface area contributed by atoms with Crippen molar-refractivity contribution in [2.24, 2.45) is 0 Å². The van der Waals surface area contributed by atoms with Gasteiger partial charge in [0, 0.05) is 23.3 Å². The molecule has 0 saturated carbocycles. The van der Waals surface area contributed by atoms with Crippen molar-refractivity contribution in [3.05, 3.63) is 52.3 Å². The number of carbonyl (C=O) groups is 1. The molecule has 2 aromatic rings. The summed E-state index contributed by atoms with van der Waals surface area (Å²) in [5, 5.41) is 6.18. The largest absolute Gasteiger partial charge is 0.376 e. The van der Waals surface area contributed by atoms with Gasteiger partial charge in [0.1, 0.15) is 5.69 Å². The average Bonchev–Trinajstić information content (AvgIpc) is 3.09. The lowest BCUT2D eigenvalue weighted by molar-refractivity contribution is 0.0854. The molecule has 2 heterocycles. The fraction of sp³-hybridized carbons (Fsp3) is 0.333. The Kier molecular flexibility index (Phi) is 5.48. The molecule has 1 amide bonds. The van der Waals surface area contributed by atoms with E-state index >= 15 is 0 Å². The zero-order valence-electron chi connectivity index (χ0n) is 13.5. The van der Waals surface area contributed by atoms with E-state index in [-0.39, 0.29) is 12.0 Å². The molecule has 1 aliphatic heterocycles. The number of ether oxygens (including phenoxy) is 1. The van der Waals surface area contributed by atoms with Crippen molar-refractivity contribution in [1.82, 2.24) is 10.3 Å². The Morgan fingerprint density at radius 3 is 2.92 bits per heavy atom. The summed E-state index contributed by atoms with van der Waals surface area (Å²) in [5.74, 6) is -0.170. The van der Waals surface area contributed by atoms with E-state index in [0.29, 0.717) is 12.2 Å². The molecule has 1 fully saturated rings. The molecule has 1 unspecified atom stereocenters. The maximum atomic E-state index is 12.1. The van der Waals surface area contributed by atoms with Gasteiger partial charge in [0.25, 0.3) is 5.91 Å². The molecule has 1 atom stereocenters. The van der Waals surface area contributed by atoms with E-state index in [9.17, 15) is 4.79 Å². The Labute approximate surface area is 149 Å². The second-order valence-corrected chi connectivity index (χ2v) is 6.78. The van der Waals surface area contributed by atoms with Crippen LogP contribution in [0.3, 0.4) is 0 Å². The Morgan fingerprint density at radius 2 is 2.25 bits per heavy atom. The van der Waals surface area contributed by atoms with Gasteiger partial charge in [-0.3, -0.25) is 4.79 Å². The Morgan fingerprint density at radius 1 is 1.38 bits per heavy atom. The van der Waals surface area contributed by atoms with E-state index < -0.39 is 0 Å². The molecule has 0 spiro atoms. The van der Waals surface area contributed by atoms with Crippen LogP contribution in [0, 0.1) is 6.92 Å². The van der Waals surface area contributed by atoms with Gasteiger partial charge in [-0.2, -0.15) is 0 Å². The van der Waals surface area contributed by atoms with Crippen LogP contribution in [-0.4, -0.2) is 30.1 Å². The Hall–Kier alpha value is -1.92. The van der Waals surface area contributed by atoms with E-state index in [1.807, 2.05) is 31.2 Å². The molecule has 0 bridgehead atoms. The molecular formula is C18H20BrN3O2. The number of hydrogen-bond donors (Lipinski definition) is 2. The second-order valence-electron chi connectivity index (χ2n) is 5.86. The minimum Gasteiger partial charge on any atom is -0.376 e. The van der Waals surface area contributed by atoms with Crippen molar-refractivity contribution in [2.75, 3.05) is 18.5 Å². The summed E-state index contributed by atoms with van der Waals surface area (Å²) in [6, 6.07) is 9.61. The highest BCUT2D eigenvalue weighted by molar-refractivity contribution is 9.10. The third kappa shape index (κ3) is 4.33. The van der Waals surface area contributed by atoms with Crippen LogP contribution in [0.25, 0.3) is 0 Å². The lowest BCUT2D eigenvalue weighted by Crippen LogP contribution is -2.32. The van der Waals surface area contributed by atoms with Crippen LogP contribution in [0.15, 0.2) is 41.0 Å². The number of benzene rings is 1. The highest BCUT2D eigenvalue weighted by Gasteiger charge is 2.17. The predicted octanol–water partition coefficient (Wildman–Crippen LogP) is 3.80. The average molecular weight is 390 g/mol. The zero-order chi connectivity index (χ0) is 16.9. The van der Waals surface area contributed by atoms with Gasteiger partial charge in [-0.25, -0.2) is 4.98 Å². The smallest absolute Gasteiger partial charge is 0.269 e. The van der Waals surface area contributed by atoms with Crippen LogP contribution in [0.2, 0.25) is 0 Å². The van der Waals surface area contributed by atoms with Crippen molar-refractivity contribution < 1.29 is 9.53 Å². The number of rotatable bonds is 5. The molecule has 126 valence electrons. The first kappa shape index (κ1) is 16.9. The summed E-state index contributed by atoms with van der Waals surface area (Å²) >= 11 is 3.45. The highest BCUT2D eigenvalue weighted by atomic mass is 79.9. The topological polar surface area (TPSA) is 63.2 Å². The molecule has 5 nitrogen and oxygen atoms in total. The van der Waals surface area contributed by atoms with Crippen molar-refractivity contribution in [1.29, 1.82) is 0 Å². The van der Waals surface area contributed by atoms with Crippen molar-refractivity contribution >= 4 is 33.2 Å².